The molecule has 1 atom stereocenters. The van der Waals surface area contributed by atoms with Crippen LogP contribution in [0.4, 0.5) is 0 Å². The number of aromatic nitrogens is 2. The first kappa shape index (κ1) is 22.6. The lowest BCUT2D eigenvalue weighted by Gasteiger charge is -2.18. The van der Waals surface area contributed by atoms with Gasteiger partial charge in [-0.3, -0.25) is 4.79 Å². The minimum Gasteiger partial charge on any atom is -0.490 e. The number of carbonyl (C=O) groups is 1. The Kier molecular flexibility index (Phi) is 6.75. The maximum atomic E-state index is 12.5. The third kappa shape index (κ3) is 5.07. The van der Waals surface area contributed by atoms with Gasteiger partial charge in [0.05, 0.1) is 24.1 Å². The second-order valence-corrected chi connectivity index (χ2v) is 8.29. The topological polar surface area (TPSA) is 76.4 Å². The van der Waals surface area contributed by atoms with Gasteiger partial charge in [-0.1, -0.05) is 42.5 Å². The second kappa shape index (κ2) is 9.88. The number of ether oxygens (including phenoxy) is 1. The van der Waals surface area contributed by atoms with Gasteiger partial charge in [0, 0.05) is 5.56 Å². The smallest absolute Gasteiger partial charge is 0.251 e. The van der Waals surface area contributed by atoms with E-state index in [4.69, 9.17) is 4.74 Å². The molecule has 6 nitrogen and oxygen atoms in total. The lowest BCUT2D eigenvalue weighted by atomic mass is 10.1. The zero-order valence-electron chi connectivity index (χ0n) is 19.2. The highest BCUT2D eigenvalue weighted by molar-refractivity contribution is 5.94. The molecule has 0 saturated carbocycles. The van der Waals surface area contributed by atoms with Crippen molar-refractivity contribution >= 4 is 16.9 Å². The Morgan fingerprint density at radius 1 is 1.00 bits per heavy atom. The number of nitrogens with zero attached hydrogens (tertiary/aromatic N) is 2. The number of amides is 1. The first-order chi connectivity index (χ1) is 15.9. The standard InChI is InChI=1S/C27H29N3O3/c1-18-13-14-19(2)26(20(18)3)33-17-22(31)16-30-24-12-8-7-11-23(24)29-25(30)15-28-27(32)21-9-5-4-6-10-21/h4-14,22,31H,15-17H2,1-3H3,(H,28,32). The fraction of sp³-hybridized carbons (Fsp3) is 0.259. The van der Waals surface area contributed by atoms with Crippen LogP contribution in [0.1, 0.15) is 32.9 Å². The highest BCUT2D eigenvalue weighted by Crippen LogP contribution is 2.26. The molecule has 4 rings (SSSR count). The van der Waals surface area contributed by atoms with Crippen LogP contribution >= 0.6 is 0 Å². The second-order valence-electron chi connectivity index (χ2n) is 8.29. The molecule has 4 aromatic rings. The van der Waals surface area contributed by atoms with Gasteiger partial charge in [-0.15, -0.1) is 0 Å². The van der Waals surface area contributed by atoms with Crippen molar-refractivity contribution < 1.29 is 14.6 Å². The molecule has 0 saturated heterocycles. The van der Waals surface area contributed by atoms with Crippen molar-refractivity contribution in [2.75, 3.05) is 6.61 Å². The Hall–Kier alpha value is -3.64. The van der Waals surface area contributed by atoms with Gasteiger partial charge >= 0.3 is 0 Å². The molecular weight excluding hydrogens is 414 g/mol. The van der Waals surface area contributed by atoms with Crippen LogP contribution in [-0.4, -0.2) is 33.3 Å². The van der Waals surface area contributed by atoms with Crippen molar-refractivity contribution in [1.29, 1.82) is 0 Å². The van der Waals surface area contributed by atoms with Crippen LogP contribution in [0.2, 0.25) is 0 Å². The molecule has 0 fully saturated rings. The lowest BCUT2D eigenvalue weighted by molar-refractivity contribution is 0.0911. The molecule has 1 amide bonds. The van der Waals surface area contributed by atoms with E-state index in [1.807, 2.05) is 73.9 Å². The maximum Gasteiger partial charge on any atom is 0.251 e. The molecule has 0 radical (unpaired) electrons. The van der Waals surface area contributed by atoms with Crippen molar-refractivity contribution in [1.82, 2.24) is 14.9 Å². The summed E-state index contributed by atoms with van der Waals surface area (Å²) in [4.78, 5) is 17.2. The zero-order chi connectivity index (χ0) is 23.4. The predicted molar refractivity (Wildman–Crippen MR) is 130 cm³/mol. The number of para-hydroxylation sites is 2. The van der Waals surface area contributed by atoms with Gasteiger partial charge in [0.1, 0.15) is 24.3 Å². The maximum absolute atomic E-state index is 12.5. The lowest BCUT2D eigenvalue weighted by Crippen LogP contribution is -2.28. The minimum absolute atomic E-state index is 0.160. The third-order valence-corrected chi connectivity index (χ3v) is 5.86. The predicted octanol–water partition coefficient (Wildman–Crippen LogP) is 4.33. The van der Waals surface area contributed by atoms with Gasteiger partial charge in [-0.05, 0) is 61.7 Å². The molecule has 0 aliphatic heterocycles. The summed E-state index contributed by atoms with van der Waals surface area (Å²) in [5, 5.41) is 13.7. The third-order valence-electron chi connectivity index (χ3n) is 5.86. The van der Waals surface area contributed by atoms with Gasteiger partial charge in [-0.2, -0.15) is 0 Å². The highest BCUT2D eigenvalue weighted by Gasteiger charge is 2.17. The van der Waals surface area contributed by atoms with E-state index in [1.165, 1.54) is 0 Å². The molecule has 33 heavy (non-hydrogen) atoms. The van der Waals surface area contributed by atoms with Gasteiger partial charge in [0.25, 0.3) is 5.91 Å². The van der Waals surface area contributed by atoms with Crippen LogP contribution in [0.5, 0.6) is 5.75 Å². The number of nitrogens with one attached hydrogen (secondary N) is 1. The van der Waals surface area contributed by atoms with E-state index in [0.717, 1.165) is 33.5 Å². The summed E-state index contributed by atoms with van der Waals surface area (Å²) in [6.45, 7) is 6.80. The SMILES string of the molecule is Cc1ccc(C)c(OCC(O)Cn2c(CNC(=O)c3ccccc3)nc3ccccc32)c1C. The molecule has 0 spiro atoms. The minimum atomic E-state index is -0.745. The molecule has 0 aliphatic rings. The number of hydrogen-bond donors (Lipinski definition) is 2. The van der Waals surface area contributed by atoms with Gasteiger partial charge in [0.2, 0.25) is 0 Å². The number of rotatable bonds is 8. The fourth-order valence-corrected chi connectivity index (χ4v) is 3.91. The highest BCUT2D eigenvalue weighted by atomic mass is 16.5. The van der Waals surface area contributed by atoms with Crippen molar-refractivity contribution in [3.05, 3.63) is 94.8 Å². The Morgan fingerprint density at radius 3 is 2.48 bits per heavy atom. The average Bonchev–Trinajstić information content (AvgIpc) is 3.17. The number of aliphatic hydroxyl groups is 1. The molecule has 0 aliphatic carbocycles. The molecule has 1 unspecified atom stereocenters. The number of benzene rings is 3. The summed E-state index contributed by atoms with van der Waals surface area (Å²) in [6.07, 6.45) is -0.745. The van der Waals surface area contributed by atoms with E-state index in [1.54, 1.807) is 12.1 Å². The number of imidazole rings is 1. The summed E-state index contributed by atoms with van der Waals surface area (Å²) in [5.41, 5.74) is 5.60. The van der Waals surface area contributed by atoms with Crippen molar-refractivity contribution in [2.45, 2.75) is 40.0 Å². The van der Waals surface area contributed by atoms with Gasteiger partial charge in [0.15, 0.2) is 0 Å². The van der Waals surface area contributed by atoms with Gasteiger partial charge in [-0.25, -0.2) is 4.98 Å². The Balaban J connectivity index is 1.49. The first-order valence-electron chi connectivity index (χ1n) is 11.1. The van der Waals surface area contributed by atoms with Crippen molar-refractivity contribution in [2.24, 2.45) is 0 Å². The normalized spacial score (nSPS) is 12.0. The molecular formula is C27H29N3O3. The first-order valence-corrected chi connectivity index (χ1v) is 11.1. The van der Waals surface area contributed by atoms with Crippen molar-refractivity contribution in [3.8, 4) is 5.75 Å². The number of aryl methyl sites for hydroxylation is 2. The summed E-state index contributed by atoms with van der Waals surface area (Å²) in [6, 6.07) is 20.9. The van der Waals surface area contributed by atoms with Crippen LogP contribution in [0.25, 0.3) is 11.0 Å². The number of hydrogen-bond acceptors (Lipinski definition) is 4. The molecule has 2 N–H and O–H groups in total. The van der Waals surface area contributed by atoms with Crippen LogP contribution in [0.15, 0.2) is 66.7 Å². The van der Waals surface area contributed by atoms with Gasteiger partial charge < -0.3 is 19.7 Å². The van der Waals surface area contributed by atoms with Crippen molar-refractivity contribution in [3.63, 3.8) is 0 Å². The van der Waals surface area contributed by atoms with Crippen LogP contribution in [0.3, 0.4) is 0 Å². The monoisotopic (exact) mass is 443 g/mol. The number of aliphatic hydroxyl groups excluding tert-OH is 1. The molecule has 0 bridgehead atoms. The Bertz CT molecular complexity index is 1260. The molecule has 6 heteroatoms. The Labute approximate surface area is 193 Å². The molecule has 1 heterocycles. The van der Waals surface area contributed by atoms with E-state index >= 15 is 0 Å². The van der Waals surface area contributed by atoms with Crippen LogP contribution in [-0.2, 0) is 13.1 Å². The van der Waals surface area contributed by atoms with E-state index in [2.05, 4.69) is 16.4 Å². The quantitative estimate of drug-likeness (QED) is 0.425. The molecule has 170 valence electrons. The van der Waals surface area contributed by atoms with E-state index in [9.17, 15) is 9.90 Å². The fourth-order valence-electron chi connectivity index (χ4n) is 3.91. The number of carbonyl (C=O) groups excluding carboxylic acids is 1. The van der Waals surface area contributed by atoms with Crippen LogP contribution < -0.4 is 10.1 Å². The average molecular weight is 444 g/mol. The largest absolute Gasteiger partial charge is 0.490 e. The van der Waals surface area contributed by atoms with E-state index in [-0.39, 0.29) is 19.1 Å². The number of fused-ring (bicyclic) bond motifs is 1. The Morgan fingerprint density at radius 2 is 1.70 bits per heavy atom. The summed E-state index contributed by atoms with van der Waals surface area (Å²) >= 11 is 0. The summed E-state index contributed by atoms with van der Waals surface area (Å²) in [7, 11) is 0. The molecule has 3 aromatic carbocycles. The molecule has 1 aromatic heterocycles. The van der Waals surface area contributed by atoms with E-state index in [0.29, 0.717) is 17.9 Å². The van der Waals surface area contributed by atoms with Crippen LogP contribution in [0, 0.1) is 20.8 Å². The summed E-state index contributed by atoms with van der Waals surface area (Å²) in [5.74, 6) is 1.34. The zero-order valence-corrected chi connectivity index (χ0v) is 19.2. The van der Waals surface area contributed by atoms with E-state index < -0.39 is 6.10 Å². The summed E-state index contributed by atoms with van der Waals surface area (Å²) < 4.78 is 7.96.